The third kappa shape index (κ3) is 4.85. The molecule has 0 aromatic carbocycles. The molecule has 0 aliphatic heterocycles. The number of hydrazine groups is 1. The van der Waals surface area contributed by atoms with Crippen molar-refractivity contribution in [1.82, 2.24) is 15.6 Å². The Balaban J connectivity index is 2.62. The molecule has 1 unspecified atom stereocenters. The molecule has 0 saturated heterocycles. The minimum Gasteiger partial charge on any atom is -0.350 e. The molecule has 0 fully saturated rings. The zero-order valence-corrected chi connectivity index (χ0v) is 12.2. The number of amides is 2. The molecule has 2 amide bonds. The minimum absolute atomic E-state index is 0.237. The van der Waals surface area contributed by atoms with E-state index in [1.54, 1.807) is 19.1 Å². The highest BCUT2D eigenvalue weighted by molar-refractivity contribution is 5.97. The first-order valence-corrected chi connectivity index (χ1v) is 6.28. The summed E-state index contributed by atoms with van der Waals surface area (Å²) in [5, 5.41) is 5.41. The summed E-state index contributed by atoms with van der Waals surface area (Å²) in [5.74, 6) is 5.05. The fraction of sp³-hybridized carbons (Fsp3) is 0.462. The molecule has 1 atom stereocenters. The van der Waals surface area contributed by atoms with E-state index in [2.05, 4.69) is 21.0 Å². The Kier molecular flexibility index (Phi) is 5.04. The fourth-order valence-corrected chi connectivity index (χ4v) is 1.44. The maximum atomic E-state index is 11.9. The molecule has 0 spiro atoms. The first-order chi connectivity index (χ1) is 9.23. The van der Waals surface area contributed by atoms with Gasteiger partial charge in [0.1, 0.15) is 11.9 Å². The summed E-state index contributed by atoms with van der Waals surface area (Å²) in [6.07, 6.45) is 1.39. The number of nitrogens with two attached hydrogens (primary N) is 1. The first-order valence-electron chi connectivity index (χ1n) is 6.28. The minimum atomic E-state index is -0.631. The topological polar surface area (TPSA) is 109 Å². The van der Waals surface area contributed by atoms with Gasteiger partial charge in [-0.1, -0.05) is 0 Å². The Labute approximate surface area is 118 Å². The molecule has 1 aromatic heterocycles. The van der Waals surface area contributed by atoms with Crippen molar-refractivity contribution < 1.29 is 9.59 Å². The van der Waals surface area contributed by atoms with Crippen molar-refractivity contribution in [2.45, 2.75) is 39.3 Å². The molecule has 1 aromatic rings. The van der Waals surface area contributed by atoms with E-state index in [4.69, 9.17) is 5.84 Å². The van der Waals surface area contributed by atoms with Crippen molar-refractivity contribution in [3.05, 3.63) is 23.9 Å². The zero-order valence-electron chi connectivity index (χ0n) is 12.2. The summed E-state index contributed by atoms with van der Waals surface area (Å²) >= 11 is 0. The summed E-state index contributed by atoms with van der Waals surface area (Å²) in [6.45, 7) is 7.26. The molecule has 7 nitrogen and oxygen atoms in total. The molecule has 0 aliphatic carbocycles. The first kappa shape index (κ1) is 15.9. The maximum absolute atomic E-state index is 11.9. The Morgan fingerprint density at radius 2 is 1.95 bits per heavy atom. The van der Waals surface area contributed by atoms with Crippen LogP contribution in [0.5, 0.6) is 0 Å². The monoisotopic (exact) mass is 279 g/mol. The number of rotatable bonds is 4. The largest absolute Gasteiger partial charge is 0.350 e. The van der Waals surface area contributed by atoms with E-state index in [0.717, 1.165) is 0 Å². The molecule has 7 heteroatoms. The highest BCUT2D eigenvalue weighted by Gasteiger charge is 2.21. The third-order valence-corrected chi connectivity index (χ3v) is 2.41. The van der Waals surface area contributed by atoms with Crippen LogP contribution < -0.4 is 21.9 Å². The molecule has 0 saturated carbocycles. The average Bonchev–Trinajstić information content (AvgIpc) is 2.36. The van der Waals surface area contributed by atoms with Crippen molar-refractivity contribution in [2.24, 2.45) is 5.84 Å². The smallest absolute Gasteiger partial charge is 0.253 e. The zero-order chi connectivity index (χ0) is 15.3. The van der Waals surface area contributed by atoms with Crippen LogP contribution in [0.4, 0.5) is 5.82 Å². The van der Waals surface area contributed by atoms with Gasteiger partial charge in [-0.3, -0.25) is 9.59 Å². The normalized spacial score (nSPS) is 12.4. The van der Waals surface area contributed by atoms with Gasteiger partial charge in [0.2, 0.25) is 5.91 Å². The van der Waals surface area contributed by atoms with Gasteiger partial charge in [0, 0.05) is 11.7 Å². The predicted octanol–water partition coefficient (Wildman–Crippen LogP) is 0.400. The van der Waals surface area contributed by atoms with Crippen LogP contribution in [-0.2, 0) is 4.79 Å². The van der Waals surface area contributed by atoms with E-state index in [9.17, 15) is 9.59 Å². The number of nitrogen functional groups attached to an aromatic ring is 1. The summed E-state index contributed by atoms with van der Waals surface area (Å²) in [6, 6.07) is 2.52. The number of anilines is 1. The number of carbonyl (C=O) groups excluding carboxylic acids is 2. The Morgan fingerprint density at radius 3 is 2.40 bits per heavy atom. The molecule has 1 heterocycles. The maximum Gasteiger partial charge on any atom is 0.253 e. The molecule has 110 valence electrons. The molecule has 0 radical (unpaired) electrons. The summed E-state index contributed by atoms with van der Waals surface area (Å²) in [5.41, 5.74) is 2.39. The molecule has 0 bridgehead atoms. The van der Waals surface area contributed by atoms with Gasteiger partial charge in [0.05, 0.1) is 5.56 Å². The number of hydrogen-bond acceptors (Lipinski definition) is 5. The number of aromatic nitrogens is 1. The molecule has 5 N–H and O–H groups in total. The van der Waals surface area contributed by atoms with Gasteiger partial charge in [-0.15, -0.1) is 0 Å². The predicted molar refractivity (Wildman–Crippen MR) is 76.9 cm³/mol. The molecule has 0 aliphatic rings. The lowest BCUT2D eigenvalue weighted by Gasteiger charge is -2.23. The van der Waals surface area contributed by atoms with Gasteiger partial charge in [-0.2, -0.15) is 0 Å². The lowest BCUT2D eigenvalue weighted by Crippen LogP contribution is -2.50. The van der Waals surface area contributed by atoms with Gasteiger partial charge in [-0.05, 0) is 39.8 Å². The van der Waals surface area contributed by atoms with Crippen LogP contribution in [-0.4, -0.2) is 28.4 Å². The molecular formula is C13H21N5O2. The van der Waals surface area contributed by atoms with Crippen LogP contribution in [0.15, 0.2) is 18.3 Å². The Bertz CT molecular complexity index is 479. The fourth-order valence-electron chi connectivity index (χ4n) is 1.44. The van der Waals surface area contributed by atoms with E-state index in [1.165, 1.54) is 6.20 Å². The van der Waals surface area contributed by atoms with Crippen LogP contribution in [0.1, 0.15) is 38.1 Å². The number of carbonyl (C=O) groups is 2. The van der Waals surface area contributed by atoms with Gasteiger partial charge in [0.25, 0.3) is 5.91 Å². The number of nitrogens with one attached hydrogen (secondary N) is 3. The van der Waals surface area contributed by atoms with E-state index < -0.39 is 6.04 Å². The number of pyridine rings is 1. The molecular weight excluding hydrogens is 258 g/mol. The van der Waals surface area contributed by atoms with Crippen LogP contribution in [0.25, 0.3) is 0 Å². The lowest BCUT2D eigenvalue weighted by molar-refractivity contribution is -0.124. The highest BCUT2D eigenvalue weighted by atomic mass is 16.2. The van der Waals surface area contributed by atoms with Gasteiger partial charge < -0.3 is 16.1 Å². The van der Waals surface area contributed by atoms with Crippen LogP contribution in [0.3, 0.4) is 0 Å². The van der Waals surface area contributed by atoms with Gasteiger partial charge >= 0.3 is 0 Å². The quantitative estimate of drug-likeness (QED) is 0.471. The second kappa shape index (κ2) is 6.33. The second-order valence-corrected chi connectivity index (χ2v) is 5.51. The van der Waals surface area contributed by atoms with Crippen molar-refractivity contribution in [3.8, 4) is 0 Å². The van der Waals surface area contributed by atoms with E-state index in [0.29, 0.717) is 11.4 Å². The van der Waals surface area contributed by atoms with Crippen LogP contribution in [0.2, 0.25) is 0 Å². The van der Waals surface area contributed by atoms with Gasteiger partial charge in [-0.25, -0.2) is 10.8 Å². The molecule has 20 heavy (non-hydrogen) atoms. The Hall–Kier alpha value is -2.15. The third-order valence-electron chi connectivity index (χ3n) is 2.41. The highest BCUT2D eigenvalue weighted by Crippen LogP contribution is 2.04. The number of nitrogens with zero attached hydrogens (tertiary/aromatic N) is 1. The van der Waals surface area contributed by atoms with Crippen molar-refractivity contribution in [1.29, 1.82) is 0 Å². The summed E-state index contributed by atoms with van der Waals surface area (Å²) in [4.78, 5) is 27.7. The SMILES string of the molecule is CC(NC(=O)c1ccc(NN)nc1)C(=O)NC(C)(C)C. The average molecular weight is 279 g/mol. The Morgan fingerprint density at radius 1 is 1.30 bits per heavy atom. The van der Waals surface area contributed by atoms with E-state index >= 15 is 0 Å². The van der Waals surface area contributed by atoms with E-state index in [-0.39, 0.29) is 17.4 Å². The summed E-state index contributed by atoms with van der Waals surface area (Å²) < 4.78 is 0. The van der Waals surface area contributed by atoms with Crippen molar-refractivity contribution in [3.63, 3.8) is 0 Å². The van der Waals surface area contributed by atoms with Crippen molar-refractivity contribution in [2.75, 3.05) is 5.43 Å². The lowest BCUT2D eigenvalue weighted by atomic mass is 10.1. The van der Waals surface area contributed by atoms with Gasteiger partial charge in [0.15, 0.2) is 0 Å². The van der Waals surface area contributed by atoms with E-state index in [1.807, 2.05) is 20.8 Å². The van der Waals surface area contributed by atoms with Crippen molar-refractivity contribution >= 4 is 17.6 Å². The summed E-state index contributed by atoms with van der Waals surface area (Å²) in [7, 11) is 0. The van der Waals surface area contributed by atoms with Crippen LogP contribution >= 0.6 is 0 Å². The number of hydrogen-bond donors (Lipinski definition) is 4. The standard InChI is InChI=1S/C13H21N5O2/c1-8(11(19)17-13(2,3)4)16-12(20)9-5-6-10(18-14)15-7-9/h5-8H,14H2,1-4H3,(H,15,18)(H,16,20)(H,17,19). The molecule has 1 rings (SSSR count). The van der Waals surface area contributed by atoms with Crippen LogP contribution in [0, 0.1) is 0 Å². The second-order valence-electron chi connectivity index (χ2n) is 5.51.